The van der Waals surface area contributed by atoms with Crippen molar-refractivity contribution in [2.75, 3.05) is 7.05 Å². The Morgan fingerprint density at radius 2 is 2.05 bits per heavy atom. The molecule has 0 heterocycles. The van der Waals surface area contributed by atoms with E-state index in [4.69, 9.17) is 17.3 Å². The highest BCUT2D eigenvalue weighted by molar-refractivity contribution is 6.31. The Hall–Kier alpha value is -0.840. The lowest BCUT2D eigenvalue weighted by molar-refractivity contribution is -0.132. The minimum absolute atomic E-state index is 0. The fourth-order valence-corrected chi connectivity index (χ4v) is 1.76. The number of halogens is 3. The van der Waals surface area contributed by atoms with Gasteiger partial charge in [-0.05, 0) is 18.1 Å². The molecule has 6 heteroatoms. The summed E-state index contributed by atoms with van der Waals surface area (Å²) in [7, 11) is 1.59. The predicted octanol–water partition coefficient (Wildman–Crippen LogP) is 2.84. The Morgan fingerprint density at radius 3 is 2.53 bits per heavy atom. The number of amides is 1. The molecular formula is C13H19Cl2FN2O. The molecule has 19 heavy (non-hydrogen) atoms. The van der Waals surface area contributed by atoms with Gasteiger partial charge in [-0.1, -0.05) is 31.5 Å². The number of hydrogen-bond donors (Lipinski definition) is 1. The average molecular weight is 309 g/mol. The predicted molar refractivity (Wildman–Crippen MR) is 77.9 cm³/mol. The van der Waals surface area contributed by atoms with Crippen molar-refractivity contribution >= 4 is 29.9 Å². The number of nitrogens with two attached hydrogens (primary N) is 1. The average Bonchev–Trinajstić information content (AvgIpc) is 2.31. The smallest absolute Gasteiger partial charge is 0.239 e. The van der Waals surface area contributed by atoms with E-state index in [-0.39, 0.29) is 30.8 Å². The molecule has 0 radical (unpaired) electrons. The van der Waals surface area contributed by atoms with Crippen LogP contribution in [0.1, 0.15) is 19.4 Å². The molecule has 0 bridgehead atoms. The molecule has 3 nitrogen and oxygen atoms in total. The van der Waals surface area contributed by atoms with Gasteiger partial charge < -0.3 is 10.6 Å². The molecule has 1 atom stereocenters. The zero-order valence-electron chi connectivity index (χ0n) is 11.2. The van der Waals surface area contributed by atoms with Crippen molar-refractivity contribution in [2.45, 2.75) is 26.4 Å². The lowest BCUT2D eigenvalue weighted by Gasteiger charge is -2.24. The third-order valence-electron chi connectivity index (χ3n) is 2.84. The molecule has 0 spiro atoms. The van der Waals surface area contributed by atoms with Gasteiger partial charge >= 0.3 is 0 Å². The Balaban J connectivity index is 0.00000324. The molecule has 0 aliphatic rings. The molecule has 0 saturated carbocycles. The van der Waals surface area contributed by atoms with Crippen LogP contribution in [0.2, 0.25) is 5.02 Å². The van der Waals surface area contributed by atoms with Crippen LogP contribution >= 0.6 is 24.0 Å². The highest BCUT2D eigenvalue weighted by Gasteiger charge is 2.22. The van der Waals surface area contributed by atoms with E-state index in [9.17, 15) is 9.18 Å². The lowest BCUT2D eigenvalue weighted by atomic mass is 10.0. The Kier molecular flexibility index (Phi) is 7.34. The quantitative estimate of drug-likeness (QED) is 0.929. The highest BCUT2D eigenvalue weighted by Crippen LogP contribution is 2.20. The molecule has 0 fully saturated rings. The molecule has 1 aromatic carbocycles. The molecule has 0 saturated heterocycles. The molecule has 2 N–H and O–H groups in total. The number of benzene rings is 1. The van der Waals surface area contributed by atoms with Gasteiger partial charge in [-0.25, -0.2) is 4.39 Å². The van der Waals surface area contributed by atoms with Crippen LogP contribution in [0.15, 0.2) is 18.2 Å². The van der Waals surface area contributed by atoms with Crippen LogP contribution in [-0.2, 0) is 11.3 Å². The van der Waals surface area contributed by atoms with Gasteiger partial charge in [-0.15, -0.1) is 12.4 Å². The first kappa shape index (κ1) is 18.2. The van der Waals surface area contributed by atoms with Crippen molar-refractivity contribution in [3.8, 4) is 0 Å². The summed E-state index contributed by atoms with van der Waals surface area (Å²) >= 11 is 5.91. The highest BCUT2D eigenvalue weighted by atomic mass is 35.5. The molecule has 0 aliphatic heterocycles. The summed E-state index contributed by atoms with van der Waals surface area (Å²) in [6.07, 6.45) is 0. The van der Waals surface area contributed by atoms with E-state index < -0.39 is 11.9 Å². The van der Waals surface area contributed by atoms with Crippen molar-refractivity contribution in [3.63, 3.8) is 0 Å². The van der Waals surface area contributed by atoms with E-state index in [0.29, 0.717) is 10.6 Å². The van der Waals surface area contributed by atoms with Crippen LogP contribution in [0, 0.1) is 11.7 Å². The van der Waals surface area contributed by atoms with Gasteiger partial charge in [0.05, 0.1) is 6.04 Å². The minimum atomic E-state index is -0.583. The Labute approximate surface area is 124 Å². The molecule has 1 aromatic rings. The second-order valence-electron chi connectivity index (χ2n) is 4.66. The monoisotopic (exact) mass is 308 g/mol. The molecule has 0 aliphatic carbocycles. The normalized spacial score (nSPS) is 11.9. The third-order valence-corrected chi connectivity index (χ3v) is 3.19. The number of carbonyl (C=O) groups is 1. The van der Waals surface area contributed by atoms with Crippen LogP contribution in [-0.4, -0.2) is 23.9 Å². The fourth-order valence-electron chi connectivity index (χ4n) is 1.54. The van der Waals surface area contributed by atoms with Crippen LogP contribution in [0.5, 0.6) is 0 Å². The zero-order valence-corrected chi connectivity index (χ0v) is 12.8. The topological polar surface area (TPSA) is 46.3 Å². The van der Waals surface area contributed by atoms with E-state index in [1.807, 2.05) is 13.8 Å². The third kappa shape index (κ3) is 4.64. The Bertz CT molecular complexity index is 420. The van der Waals surface area contributed by atoms with Crippen molar-refractivity contribution < 1.29 is 9.18 Å². The molecule has 108 valence electrons. The second kappa shape index (κ2) is 7.68. The number of hydrogen-bond acceptors (Lipinski definition) is 2. The van der Waals surface area contributed by atoms with Crippen LogP contribution in [0.3, 0.4) is 0 Å². The molecule has 1 unspecified atom stereocenters. The van der Waals surface area contributed by atoms with Crippen LogP contribution < -0.4 is 5.73 Å². The first-order chi connectivity index (χ1) is 8.34. The summed E-state index contributed by atoms with van der Waals surface area (Å²) in [5.41, 5.74) is 6.08. The van der Waals surface area contributed by atoms with Gasteiger partial charge in [0, 0.05) is 24.2 Å². The van der Waals surface area contributed by atoms with E-state index in [2.05, 4.69) is 0 Å². The summed E-state index contributed by atoms with van der Waals surface area (Å²) in [4.78, 5) is 13.3. The number of rotatable bonds is 4. The van der Waals surface area contributed by atoms with E-state index >= 15 is 0 Å². The van der Waals surface area contributed by atoms with Crippen molar-refractivity contribution in [1.29, 1.82) is 0 Å². The standard InChI is InChI=1S/C13H18ClFN2O.ClH/c1-8(2)12(16)13(18)17(3)7-9-10(14)5-4-6-11(9)15;/h4-6,8,12H,7,16H2,1-3H3;1H. The number of nitrogens with zero attached hydrogens (tertiary/aromatic N) is 1. The van der Waals surface area contributed by atoms with Crippen molar-refractivity contribution in [3.05, 3.63) is 34.6 Å². The van der Waals surface area contributed by atoms with E-state index in [1.165, 1.54) is 17.0 Å². The maximum absolute atomic E-state index is 13.6. The minimum Gasteiger partial charge on any atom is -0.340 e. The lowest BCUT2D eigenvalue weighted by Crippen LogP contribution is -2.44. The van der Waals surface area contributed by atoms with Crippen molar-refractivity contribution in [1.82, 2.24) is 4.90 Å². The fraction of sp³-hybridized carbons (Fsp3) is 0.462. The first-order valence-corrected chi connectivity index (χ1v) is 6.15. The van der Waals surface area contributed by atoms with Gasteiger partial charge in [-0.2, -0.15) is 0 Å². The maximum Gasteiger partial charge on any atom is 0.239 e. The van der Waals surface area contributed by atoms with Gasteiger partial charge in [0.15, 0.2) is 0 Å². The van der Waals surface area contributed by atoms with Gasteiger partial charge in [0.2, 0.25) is 5.91 Å². The van der Waals surface area contributed by atoms with E-state index in [0.717, 1.165) is 0 Å². The second-order valence-corrected chi connectivity index (χ2v) is 5.07. The zero-order chi connectivity index (χ0) is 13.9. The number of likely N-dealkylation sites (N-methyl/N-ethyl adjacent to an activating group) is 1. The summed E-state index contributed by atoms with van der Waals surface area (Å²) in [5.74, 6) is -0.597. The SMILES string of the molecule is CC(C)C(N)C(=O)N(C)Cc1c(F)cccc1Cl.Cl. The van der Waals surface area contributed by atoms with Gasteiger partial charge in [0.1, 0.15) is 5.82 Å². The van der Waals surface area contributed by atoms with Gasteiger partial charge in [0.25, 0.3) is 0 Å². The summed E-state index contributed by atoms with van der Waals surface area (Å²) < 4.78 is 13.6. The number of carbonyl (C=O) groups excluding carboxylic acids is 1. The Morgan fingerprint density at radius 1 is 1.47 bits per heavy atom. The van der Waals surface area contributed by atoms with Crippen LogP contribution in [0.4, 0.5) is 4.39 Å². The first-order valence-electron chi connectivity index (χ1n) is 5.78. The van der Waals surface area contributed by atoms with Crippen LogP contribution in [0.25, 0.3) is 0 Å². The van der Waals surface area contributed by atoms with E-state index in [1.54, 1.807) is 13.1 Å². The summed E-state index contributed by atoms with van der Waals surface area (Å²) in [5, 5.41) is 0.313. The maximum atomic E-state index is 13.6. The largest absolute Gasteiger partial charge is 0.340 e. The summed E-state index contributed by atoms with van der Waals surface area (Å²) in [6, 6.07) is 3.87. The molecule has 1 rings (SSSR count). The molecule has 0 aromatic heterocycles. The van der Waals surface area contributed by atoms with Crippen molar-refractivity contribution in [2.24, 2.45) is 11.7 Å². The summed E-state index contributed by atoms with van der Waals surface area (Å²) in [6.45, 7) is 3.85. The van der Waals surface area contributed by atoms with Gasteiger partial charge in [-0.3, -0.25) is 4.79 Å². The molecular weight excluding hydrogens is 290 g/mol. The molecule has 1 amide bonds.